The first-order valence-electron chi connectivity index (χ1n) is 11.2. The highest BCUT2D eigenvalue weighted by molar-refractivity contribution is 6.30. The summed E-state index contributed by atoms with van der Waals surface area (Å²) in [6.45, 7) is 6.69. The van der Waals surface area contributed by atoms with Crippen LogP contribution in [0.3, 0.4) is 0 Å². The summed E-state index contributed by atoms with van der Waals surface area (Å²) >= 11 is 5.90. The summed E-state index contributed by atoms with van der Waals surface area (Å²) in [7, 11) is 0. The number of piperazine rings is 1. The average Bonchev–Trinajstić information content (AvgIpc) is 3.28. The number of anilines is 1. The van der Waals surface area contributed by atoms with Crippen LogP contribution in [-0.2, 0) is 4.79 Å². The van der Waals surface area contributed by atoms with E-state index in [0.717, 1.165) is 30.8 Å². The number of nitrogens with one attached hydrogen (secondary N) is 3. The van der Waals surface area contributed by atoms with Crippen molar-refractivity contribution >= 4 is 40.3 Å². The summed E-state index contributed by atoms with van der Waals surface area (Å²) < 4.78 is 5.77. The van der Waals surface area contributed by atoms with Gasteiger partial charge in [0.25, 0.3) is 5.91 Å². The lowest BCUT2D eigenvalue weighted by molar-refractivity contribution is -0.118. The summed E-state index contributed by atoms with van der Waals surface area (Å²) in [5.74, 6) is 1.28. The fourth-order valence-electron chi connectivity index (χ4n) is 3.78. The third-order valence-corrected chi connectivity index (χ3v) is 5.85. The van der Waals surface area contributed by atoms with Gasteiger partial charge >= 0.3 is 0 Å². The fourth-order valence-corrected chi connectivity index (χ4v) is 3.91. The first-order valence-corrected chi connectivity index (χ1v) is 11.6. The lowest BCUT2D eigenvalue weighted by atomic mass is 10.2. The molecule has 0 saturated carbocycles. The molecule has 3 heterocycles. The minimum absolute atomic E-state index is 0.0562. The second-order valence-electron chi connectivity index (χ2n) is 8.01. The number of rotatable bonds is 9. The van der Waals surface area contributed by atoms with Crippen molar-refractivity contribution in [1.29, 1.82) is 0 Å². The monoisotopic (exact) mass is 485 g/mol. The fraction of sp³-hybridized carbons (Fsp3) is 0.391. The van der Waals surface area contributed by atoms with Crippen LogP contribution in [0, 0.1) is 0 Å². The number of hydrogen-bond acceptors (Lipinski definition) is 7. The maximum Gasteiger partial charge on any atom is 0.270 e. The second kappa shape index (κ2) is 11.2. The Morgan fingerprint density at radius 3 is 2.62 bits per heavy atom. The minimum atomic E-state index is -0.0849. The molecule has 2 amide bonds. The number of nitrogens with zero attached hydrogens (tertiary/aromatic N) is 4. The average molecular weight is 486 g/mol. The number of ether oxygens (including phenoxy) is 1. The Labute approximate surface area is 202 Å². The molecule has 180 valence electrons. The van der Waals surface area contributed by atoms with Gasteiger partial charge in [-0.3, -0.25) is 14.5 Å². The largest absolute Gasteiger partial charge is 0.492 e. The van der Waals surface area contributed by atoms with Gasteiger partial charge in [-0.1, -0.05) is 11.6 Å². The zero-order valence-corrected chi connectivity index (χ0v) is 19.8. The number of carbonyl (C=O) groups is 2. The number of amides is 2. The van der Waals surface area contributed by atoms with E-state index in [4.69, 9.17) is 16.3 Å². The molecule has 3 aromatic rings. The third-order valence-electron chi connectivity index (χ3n) is 5.60. The van der Waals surface area contributed by atoms with Crippen LogP contribution in [0.4, 0.5) is 5.82 Å². The zero-order chi connectivity index (χ0) is 23.9. The van der Waals surface area contributed by atoms with E-state index in [0.29, 0.717) is 55.0 Å². The van der Waals surface area contributed by atoms with Crippen molar-refractivity contribution in [2.75, 3.05) is 57.7 Å². The quantitative estimate of drug-likeness (QED) is 0.397. The van der Waals surface area contributed by atoms with Crippen molar-refractivity contribution in [2.24, 2.45) is 0 Å². The molecular formula is C23H28ClN7O3. The summed E-state index contributed by atoms with van der Waals surface area (Å²) in [5, 5.41) is 7.33. The van der Waals surface area contributed by atoms with Crippen molar-refractivity contribution < 1.29 is 14.3 Å². The SMILES string of the molecule is CC(=O)NCCNc1ncnc2[nH]c(C(=O)N3CCN(CCOc4ccc(Cl)cc4)CC3)cc12. The maximum absolute atomic E-state index is 13.1. The van der Waals surface area contributed by atoms with Gasteiger partial charge in [0.15, 0.2) is 0 Å². The Bertz CT molecular complexity index is 1130. The first kappa shape index (κ1) is 23.8. The van der Waals surface area contributed by atoms with E-state index in [1.807, 2.05) is 29.2 Å². The molecule has 3 N–H and O–H groups in total. The van der Waals surface area contributed by atoms with Gasteiger partial charge < -0.3 is 25.3 Å². The van der Waals surface area contributed by atoms with E-state index in [2.05, 4.69) is 30.5 Å². The van der Waals surface area contributed by atoms with Crippen LogP contribution in [0.2, 0.25) is 5.02 Å². The predicted octanol–water partition coefficient (Wildman–Crippen LogP) is 2.00. The number of fused-ring (bicyclic) bond motifs is 1. The smallest absolute Gasteiger partial charge is 0.270 e. The molecule has 1 aromatic carbocycles. The van der Waals surface area contributed by atoms with Crippen molar-refractivity contribution in [3.05, 3.63) is 47.4 Å². The van der Waals surface area contributed by atoms with E-state index in [9.17, 15) is 9.59 Å². The molecule has 1 fully saturated rings. The molecule has 1 aliphatic rings. The van der Waals surface area contributed by atoms with Gasteiger partial charge in [-0.2, -0.15) is 0 Å². The van der Waals surface area contributed by atoms with E-state index in [-0.39, 0.29) is 11.8 Å². The molecule has 0 radical (unpaired) electrons. The number of aromatic nitrogens is 3. The van der Waals surface area contributed by atoms with Gasteiger partial charge in [-0.05, 0) is 30.3 Å². The van der Waals surface area contributed by atoms with Crippen LogP contribution in [0.15, 0.2) is 36.7 Å². The molecule has 1 saturated heterocycles. The van der Waals surface area contributed by atoms with Gasteiger partial charge in [0.1, 0.15) is 35.8 Å². The highest BCUT2D eigenvalue weighted by atomic mass is 35.5. The number of aromatic amines is 1. The summed E-state index contributed by atoms with van der Waals surface area (Å²) in [6, 6.07) is 9.11. The van der Waals surface area contributed by atoms with E-state index in [1.54, 1.807) is 6.07 Å². The maximum atomic E-state index is 13.1. The van der Waals surface area contributed by atoms with Crippen molar-refractivity contribution in [1.82, 2.24) is 30.1 Å². The number of halogens is 1. The second-order valence-corrected chi connectivity index (χ2v) is 8.45. The van der Waals surface area contributed by atoms with Crippen LogP contribution in [0.5, 0.6) is 5.75 Å². The molecule has 34 heavy (non-hydrogen) atoms. The lowest BCUT2D eigenvalue weighted by Crippen LogP contribution is -2.49. The molecule has 4 rings (SSSR count). The molecule has 0 unspecified atom stereocenters. The van der Waals surface area contributed by atoms with Gasteiger partial charge in [0.2, 0.25) is 5.91 Å². The molecule has 11 heteroatoms. The van der Waals surface area contributed by atoms with Gasteiger partial charge in [0, 0.05) is 57.8 Å². The standard InChI is InChI=1S/C23H28ClN7O3/c1-16(32)25-6-7-26-21-19-14-20(29-22(19)28-15-27-21)23(33)31-10-8-30(9-11-31)12-13-34-18-4-2-17(24)3-5-18/h2-5,14-15H,6-13H2,1H3,(H,25,32)(H2,26,27,28,29). The van der Waals surface area contributed by atoms with E-state index in [1.165, 1.54) is 13.3 Å². The first-order chi connectivity index (χ1) is 16.5. The Hall–Kier alpha value is -3.37. The normalized spacial score (nSPS) is 14.2. The zero-order valence-electron chi connectivity index (χ0n) is 19.0. The molecule has 0 bridgehead atoms. The highest BCUT2D eigenvalue weighted by Crippen LogP contribution is 2.21. The number of hydrogen-bond donors (Lipinski definition) is 3. The van der Waals surface area contributed by atoms with Crippen LogP contribution < -0.4 is 15.4 Å². The topological polar surface area (TPSA) is 115 Å². The molecule has 2 aromatic heterocycles. The van der Waals surface area contributed by atoms with Crippen molar-refractivity contribution in [3.8, 4) is 5.75 Å². The number of H-pyrrole nitrogens is 1. The van der Waals surface area contributed by atoms with Gasteiger partial charge in [0.05, 0.1) is 5.39 Å². The molecule has 0 atom stereocenters. The Balaban J connectivity index is 1.27. The molecule has 0 aliphatic carbocycles. The molecule has 1 aliphatic heterocycles. The third kappa shape index (κ3) is 6.15. The molecule has 0 spiro atoms. The Kier molecular flexibility index (Phi) is 7.81. The van der Waals surface area contributed by atoms with E-state index < -0.39 is 0 Å². The minimum Gasteiger partial charge on any atom is -0.492 e. The number of benzene rings is 1. The van der Waals surface area contributed by atoms with Gasteiger partial charge in [-0.15, -0.1) is 0 Å². The van der Waals surface area contributed by atoms with Crippen LogP contribution >= 0.6 is 11.6 Å². The van der Waals surface area contributed by atoms with E-state index >= 15 is 0 Å². The predicted molar refractivity (Wildman–Crippen MR) is 130 cm³/mol. The van der Waals surface area contributed by atoms with Crippen molar-refractivity contribution in [3.63, 3.8) is 0 Å². The van der Waals surface area contributed by atoms with Gasteiger partial charge in [-0.25, -0.2) is 9.97 Å². The highest BCUT2D eigenvalue weighted by Gasteiger charge is 2.24. The van der Waals surface area contributed by atoms with Crippen LogP contribution in [0.1, 0.15) is 17.4 Å². The summed E-state index contributed by atoms with van der Waals surface area (Å²) in [5.41, 5.74) is 1.08. The Morgan fingerprint density at radius 2 is 1.88 bits per heavy atom. The molecule has 10 nitrogen and oxygen atoms in total. The summed E-state index contributed by atoms with van der Waals surface area (Å²) in [6.07, 6.45) is 1.44. The number of carbonyl (C=O) groups excluding carboxylic acids is 2. The van der Waals surface area contributed by atoms with Crippen LogP contribution in [-0.4, -0.2) is 89.0 Å². The van der Waals surface area contributed by atoms with Crippen LogP contribution in [0.25, 0.3) is 11.0 Å². The Morgan fingerprint density at radius 1 is 1.12 bits per heavy atom. The molecular weight excluding hydrogens is 458 g/mol. The lowest BCUT2D eigenvalue weighted by Gasteiger charge is -2.34. The summed E-state index contributed by atoms with van der Waals surface area (Å²) in [4.78, 5) is 39.8. The van der Waals surface area contributed by atoms with Crippen molar-refractivity contribution in [2.45, 2.75) is 6.92 Å².